The van der Waals surface area contributed by atoms with E-state index in [9.17, 15) is 0 Å². The molecule has 0 amide bonds. The second kappa shape index (κ2) is 7.39. The monoisotopic (exact) mass is 339 g/mol. The molecule has 1 aromatic rings. The average molecular weight is 340 g/mol. The summed E-state index contributed by atoms with van der Waals surface area (Å²) in [6.45, 7) is 8.84. The lowest BCUT2D eigenvalue weighted by Crippen LogP contribution is -2.26. The highest BCUT2D eigenvalue weighted by Gasteiger charge is 2.18. The number of rotatable bonds is 4. The maximum atomic E-state index is 4.75. The Bertz CT molecular complexity index is 434. The molecule has 1 atom stereocenters. The summed E-state index contributed by atoms with van der Waals surface area (Å²) < 4.78 is 0.903. The molecule has 0 saturated carbocycles. The summed E-state index contributed by atoms with van der Waals surface area (Å²) in [4.78, 5) is 11.7. The highest BCUT2D eigenvalue weighted by atomic mass is 79.9. The van der Waals surface area contributed by atoms with E-state index in [4.69, 9.17) is 4.98 Å². The Morgan fingerprint density at radius 3 is 2.80 bits per heavy atom. The quantitative estimate of drug-likeness (QED) is 0.740. The van der Waals surface area contributed by atoms with Crippen LogP contribution >= 0.6 is 15.9 Å². The molecule has 1 aromatic heterocycles. The zero-order valence-electron chi connectivity index (χ0n) is 12.9. The Hall–Kier alpha value is -0.640. The van der Waals surface area contributed by atoms with E-state index in [1.807, 2.05) is 0 Å². The standard InChI is InChI=1S/C16H26BrN3/c1-4-6-13-7-5-9-20(10-8-13)15-11-14(17)18-16(19-15)12(2)3/h11-13H,4-10H2,1-3H3. The molecule has 2 rings (SSSR count). The summed E-state index contributed by atoms with van der Waals surface area (Å²) in [5.74, 6) is 3.29. The molecular weight excluding hydrogens is 314 g/mol. The number of hydrogen-bond donors (Lipinski definition) is 0. The van der Waals surface area contributed by atoms with Gasteiger partial charge in [-0.3, -0.25) is 0 Å². The zero-order chi connectivity index (χ0) is 14.5. The lowest BCUT2D eigenvalue weighted by molar-refractivity contribution is 0.435. The molecule has 3 nitrogen and oxygen atoms in total. The summed E-state index contributed by atoms with van der Waals surface area (Å²) in [5.41, 5.74) is 0. The first kappa shape index (κ1) is 15.7. The second-order valence-corrected chi connectivity index (χ2v) is 6.95. The average Bonchev–Trinajstić information content (AvgIpc) is 2.64. The predicted octanol–water partition coefficient (Wildman–Crippen LogP) is 4.77. The van der Waals surface area contributed by atoms with E-state index in [2.05, 4.69) is 52.7 Å². The van der Waals surface area contributed by atoms with Gasteiger partial charge in [-0.25, -0.2) is 9.97 Å². The van der Waals surface area contributed by atoms with Crippen LogP contribution in [-0.4, -0.2) is 23.1 Å². The predicted molar refractivity (Wildman–Crippen MR) is 88.3 cm³/mol. The molecule has 112 valence electrons. The first-order valence-corrected chi connectivity index (χ1v) is 8.69. The largest absolute Gasteiger partial charge is 0.356 e. The Morgan fingerprint density at radius 2 is 2.10 bits per heavy atom. The topological polar surface area (TPSA) is 29.0 Å². The first-order chi connectivity index (χ1) is 9.60. The highest BCUT2D eigenvalue weighted by molar-refractivity contribution is 9.10. The van der Waals surface area contributed by atoms with Gasteiger partial charge in [-0.05, 0) is 41.1 Å². The van der Waals surface area contributed by atoms with Crippen LogP contribution in [0, 0.1) is 5.92 Å². The van der Waals surface area contributed by atoms with Crippen LogP contribution in [0.4, 0.5) is 5.82 Å². The fourth-order valence-corrected chi connectivity index (χ4v) is 3.32. The van der Waals surface area contributed by atoms with Gasteiger partial charge in [0.2, 0.25) is 0 Å². The first-order valence-electron chi connectivity index (χ1n) is 7.89. The Labute approximate surface area is 131 Å². The summed E-state index contributed by atoms with van der Waals surface area (Å²) in [5, 5.41) is 0. The van der Waals surface area contributed by atoms with Crippen molar-refractivity contribution in [2.75, 3.05) is 18.0 Å². The molecule has 1 saturated heterocycles. The Balaban J connectivity index is 2.11. The fraction of sp³-hybridized carbons (Fsp3) is 0.750. The van der Waals surface area contributed by atoms with Gasteiger partial charge in [0.1, 0.15) is 16.2 Å². The van der Waals surface area contributed by atoms with Crippen molar-refractivity contribution in [3.63, 3.8) is 0 Å². The number of aromatic nitrogens is 2. The number of halogens is 1. The van der Waals surface area contributed by atoms with E-state index >= 15 is 0 Å². The van der Waals surface area contributed by atoms with Crippen molar-refractivity contribution in [3.8, 4) is 0 Å². The van der Waals surface area contributed by atoms with Gasteiger partial charge in [-0.15, -0.1) is 0 Å². The lowest BCUT2D eigenvalue weighted by Gasteiger charge is -2.22. The van der Waals surface area contributed by atoms with Gasteiger partial charge >= 0.3 is 0 Å². The van der Waals surface area contributed by atoms with Crippen LogP contribution < -0.4 is 4.90 Å². The van der Waals surface area contributed by atoms with Gasteiger partial charge in [-0.2, -0.15) is 0 Å². The van der Waals surface area contributed by atoms with E-state index in [0.29, 0.717) is 5.92 Å². The van der Waals surface area contributed by atoms with E-state index < -0.39 is 0 Å². The minimum Gasteiger partial charge on any atom is -0.356 e. The molecule has 0 N–H and O–H groups in total. The molecule has 1 aliphatic heterocycles. The van der Waals surface area contributed by atoms with Crippen molar-refractivity contribution < 1.29 is 0 Å². The molecule has 0 aromatic carbocycles. The smallest absolute Gasteiger partial charge is 0.134 e. The molecule has 0 radical (unpaired) electrons. The molecule has 2 heterocycles. The summed E-state index contributed by atoms with van der Waals surface area (Å²) >= 11 is 3.53. The van der Waals surface area contributed by atoms with Crippen molar-refractivity contribution in [2.45, 2.75) is 58.8 Å². The van der Waals surface area contributed by atoms with Crippen LogP contribution in [0.3, 0.4) is 0 Å². The number of anilines is 1. The Morgan fingerprint density at radius 1 is 1.30 bits per heavy atom. The summed E-state index contributed by atoms with van der Waals surface area (Å²) in [6, 6.07) is 2.06. The molecule has 4 heteroatoms. The molecule has 1 unspecified atom stereocenters. The van der Waals surface area contributed by atoms with Crippen molar-refractivity contribution >= 4 is 21.7 Å². The van der Waals surface area contributed by atoms with Crippen LogP contribution in [0.25, 0.3) is 0 Å². The van der Waals surface area contributed by atoms with Crippen LogP contribution in [0.5, 0.6) is 0 Å². The van der Waals surface area contributed by atoms with Gasteiger partial charge in [-0.1, -0.05) is 33.6 Å². The van der Waals surface area contributed by atoms with Crippen molar-refractivity contribution in [1.29, 1.82) is 0 Å². The normalized spacial score (nSPS) is 20.2. The second-order valence-electron chi connectivity index (χ2n) is 6.13. The fourth-order valence-electron chi connectivity index (χ4n) is 2.93. The third-order valence-electron chi connectivity index (χ3n) is 4.08. The van der Waals surface area contributed by atoms with E-state index in [0.717, 1.165) is 35.3 Å². The maximum Gasteiger partial charge on any atom is 0.134 e. The van der Waals surface area contributed by atoms with E-state index in [1.165, 1.54) is 32.1 Å². The minimum atomic E-state index is 0.367. The Kier molecular flexibility index (Phi) is 5.82. The number of hydrogen-bond acceptors (Lipinski definition) is 3. The van der Waals surface area contributed by atoms with Gasteiger partial charge in [0.05, 0.1) is 0 Å². The zero-order valence-corrected chi connectivity index (χ0v) is 14.5. The van der Waals surface area contributed by atoms with Gasteiger partial charge in [0.15, 0.2) is 0 Å². The summed E-state index contributed by atoms with van der Waals surface area (Å²) in [7, 11) is 0. The SMILES string of the molecule is CCCC1CCCN(c2cc(Br)nc(C(C)C)n2)CC1. The van der Waals surface area contributed by atoms with Crippen molar-refractivity contribution in [1.82, 2.24) is 9.97 Å². The summed E-state index contributed by atoms with van der Waals surface area (Å²) in [6.07, 6.45) is 6.63. The maximum absolute atomic E-state index is 4.75. The van der Waals surface area contributed by atoms with Crippen LogP contribution in [0.2, 0.25) is 0 Å². The molecule has 0 aliphatic carbocycles. The van der Waals surface area contributed by atoms with Crippen LogP contribution in [0.15, 0.2) is 10.7 Å². The minimum absolute atomic E-state index is 0.367. The van der Waals surface area contributed by atoms with E-state index in [-0.39, 0.29) is 0 Å². The van der Waals surface area contributed by atoms with Gasteiger partial charge in [0.25, 0.3) is 0 Å². The van der Waals surface area contributed by atoms with Gasteiger partial charge in [0, 0.05) is 25.1 Å². The van der Waals surface area contributed by atoms with Gasteiger partial charge < -0.3 is 4.90 Å². The van der Waals surface area contributed by atoms with Crippen LogP contribution in [0.1, 0.15) is 64.6 Å². The third-order valence-corrected chi connectivity index (χ3v) is 4.49. The molecule has 0 bridgehead atoms. The van der Waals surface area contributed by atoms with Crippen molar-refractivity contribution in [2.24, 2.45) is 5.92 Å². The van der Waals surface area contributed by atoms with Crippen LogP contribution in [-0.2, 0) is 0 Å². The molecule has 1 fully saturated rings. The lowest BCUT2D eigenvalue weighted by atomic mass is 9.96. The highest BCUT2D eigenvalue weighted by Crippen LogP contribution is 2.26. The third kappa shape index (κ3) is 4.18. The van der Waals surface area contributed by atoms with Crippen molar-refractivity contribution in [3.05, 3.63) is 16.5 Å². The number of nitrogens with zero attached hydrogens (tertiary/aromatic N) is 3. The molecule has 0 spiro atoms. The molecular formula is C16H26BrN3. The van der Waals surface area contributed by atoms with E-state index in [1.54, 1.807) is 0 Å². The molecule has 1 aliphatic rings. The molecule has 20 heavy (non-hydrogen) atoms.